The number of rotatable bonds is 5. The third kappa shape index (κ3) is 5.24. The van der Waals surface area contributed by atoms with E-state index in [9.17, 15) is 4.79 Å². The molecule has 0 aliphatic heterocycles. The van der Waals surface area contributed by atoms with Crippen molar-refractivity contribution in [2.45, 2.75) is 13.8 Å². The Morgan fingerprint density at radius 3 is 2.33 bits per heavy atom. The molecule has 24 heavy (non-hydrogen) atoms. The van der Waals surface area contributed by atoms with Gasteiger partial charge in [0.05, 0.1) is 7.11 Å². The lowest BCUT2D eigenvalue weighted by molar-refractivity contribution is -0.121. The van der Waals surface area contributed by atoms with Crippen molar-refractivity contribution in [1.82, 2.24) is 5.32 Å². The number of methoxy groups -OCH3 is 1. The Bertz CT molecular complexity index is 730. The Kier molecular flexibility index (Phi) is 6.14. The number of carbonyl (C=O) groups excluding carboxylic acids is 1. The Morgan fingerprint density at radius 2 is 1.71 bits per heavy atom. The average molecular weight is 344 g/mol. The molecule has 0 saturated heterocycles. The van der Waals surface area contributed by atoms with Gasteiger partial charge >= 0.3 is 0 Å². The third-order valence-corrected chi connectivity index (χ3v) is 3.65. The molecule has 5 nitrogen and oxygen atoms in total. The maximum absolute atomic E-state index is 11.9. The summed E-state index contributed by atoms with van der Waals surface area (Å²) in [5.41, 5.74) is 3.18. The number of benzene rings is 2. The van der Waals surface area contributed by atoms with E-state index in [0.717, 1.165) is 17.0 Å². The van der Waals surface area contributed by atoms with E-state index in [1.807, 2.05) is 32.0 Å². The summed E-state index contributed by atoms with van der Waals surface area (Å²) in [6, 6.07) is 12.9. The number of ether oxygens (including phenoxy) is 2. The summed E-state index contributed by atoms with van der Waals surface area (Å²) >= 11 is 5.14. The van der Waals surface area contributed by atoms with Crippen LogP contribution in [0.15, 0.2) is 42.5 Å². The van der Waals surface area contributed by atoms with Gasteiger partial charge in [-0.15, -0.1) is 0 Å². The van der Waals surface area contributed by atoms with E-state index >= 15 is 0 Å². The molecule has 2 aromatic rings. The van der Waals surface area contributed by atoms with Crippen LogP contribution in [0.2, 0.25) is 0 Å². The number of hydrogen-bond acceptors (Lipinski definition) is 4. The van der Waals surface area contributed by atoms with E-state index in [-0.39, 0.29) is 17.6 Å². The number of anilines is 1. The van der Waals surface area contributed by atoms with Gasteiger partial charge in [-0.2, -0.15) is 0 Å². The smallest absolute Gasteiger partial charge is 0.264 e. The molecule has 126 valence electrons. The van der Waals surface area contributed by atoms with Crippen LogP contribution >= 0.6 is 12.2 Å². The van der Waals surface area contributed by atoms with Gasteiger partial charge in [0.2, 0.25) is 0 Å². The molecule has 0 aliphatic rings. The summed E-state index contributed by atoms with van der Waals surface area (Å²) in [5, 5.41) is 5.81. The van der Waals surface area contributed by atoms with Crippen molar-refractivity contribution < 1.29 is 14.3 Å². The molecular weight excluding hydrogens is 324 g/mol. The van der Waals surface area contributed by atoms with Crippen LogP contribution in [0.3, 0.4) is 0 Å². The third-order valence-electron chi connectivity index (χ3n) is 3.45. The van der Waals surface area contributed by atoms with Gasteiger partial charge in [-0.1, -0.05) is 6.07 Å². The van der Waals surface area contributed by atoms with E-state index in [0.29, 0.717) is 5.75 Å². The Morgan fingerprint density at radius 1 is 1.04 bits per heavy atom. The summed E-state index contributed by atoms with van der Waals surface area (Å²) < 4.78 is 10.5. The molecule has 0 saturated carbocycles. The number of amides is 1. The predicted molar refractivity (Wildman–Crippen MR) is 98.8 cm³/mol. The van der Waals surface area contributed by atoms with Gasteiger partial charge < -0.3 is 14.8 Å². The fourth-order valence-corrected chi connectivity index (χ4v) is 2.20. The molecule has 2 N–H and O–H groups in total. The SMILES string of the molecule is COc1ccc(OCC(=O)NC(=S)Nc2ccc(C)c(C)c2)cc1. The molecule has 2 rings (SSSR count). The summed E-state index contributed by atoms with van der Waals surface area (Å²) in [6.45, 7) is 3.93. The molecule has 0 spiro atoms. The second-order valence-electron chi connectivity index (χ2n) is 5.27. The zero-order valence-corrected chi connectivity index (χ0v) is 14.7. The standard InChI is InChI=1S/C18H20N2O3S/c1-12-4-5-14(10-13(12)2)19-18(24)20-17(21)11-23-16-8-6-15(22-3)7-9-16/h4-10H,11H2,1-3H3,(H2,19,20,21,24). The molecule has 0 bridgehead atoms. The summed E-state index contributed by atoms with van der Waals surface area (Å²) in [5.74, 6) is 0.983. The van der Waals surface area contributed by atoms with Crippen molar-refractivity contribution >= 4 is 28.9 Å². The van der Waals surface area contributed by atoms with Crippen LogP contribution in [-0.4, -0.2) is 24.7 Å². The quantitative estimate of drug-likeness (QED) is 0.816. The van der Waals surface area contributed by atoms with Crippen molar-refractivity contribution in [2.75, 3.05) is 19.0 Å². The number of nitrogens with one attached hydrogen (secondary N) is 2. The average Bonchev–Trinajstić information content (AvgIpc) is 2.56. The van der Waals surface area contributed by atoms with Crippen molar-refractivity contribution in [2.24, 2.45) is 0 Å². The van der Waals surface area contributed by atoms with Crippen LogP contribution in [0.5, 0.6) is 11.5 Å². The van der Waals surface area contributed by atoms with Gasteiger partial charge in [0.15, 0.2) is 11.7 Å². The zero-order valence-electron chi connectivity index (χ0n) is 13.9. The van der Waals surface area contributed by atoms with E-state index in [1.165, 1.54) is 5.56 Å². The van der Waals surface area contributed by atoms with Gasteiger partial charge in [0.1, 0.15) is 11.5 Å². The van der Waals surface area contributed by atoms with Crippen molar-refractivity contribution in [1.29, 1.82) is 0 Å². The molecule has 0 heterocycles. The minimum absolute atomic E-state index is 0.124. The summed E-state index contributed by atoms with van der Waals surface area (Å²) in [7, 11) is 1.59. The first-order valence-electron chi connectivity index (χ1n) is 7.43. The highest BCUT2D eigenvalue weighted by molar-refractivity contribution is 7.80. The fourth-order valence-electron chi connectivity index (χ4n) is 1.97. The number of aryl methyl sites for hydroxylation is 2. The minimum Gasteiger partial charge on any atom is -0.497 e. The highest BCUT2D eigenvalue weighted by Crippen LogP contribution is 2.17. The summed E-state index contributed by atoms with van der Waals surface area (Å²) in [4.78, 5) is 11.9. The first kappa shape index (κ1) is 17.7. The molecule has 0 aliphatic carbocycles. The molecule has 1 amide bonds. The number of hydrogen-bond donors (Lipinski definition) is 2. The van der Waals surface area contributed by atoms with Crippen LogP contribution in [-0.2, 0) is 4.79 Å². The molecule has 0 aromatic heterocycles. The first-order valence-corrected chi connectivity index (χ1v) is 7.83. The fraction of sp³-hybridized carbons (Fsp3) is 0.222. The zero-order chi connectivity index (χ0) is 17.5. The van der Waals surface area contributed by atoms with E-state index in [4.69, 9.17) is 21.7 Å². The van der Waals surface area contributed by atoms with Crippen LogP contribution in [0, 0.1) is 13.8 Å². The molecular formula is C18H20N2O3S. The van der Waals surface area contributed by atoms with Crippen LogP contribution < -0.4 is 20.1 Å². The van der Waals surface area contributed by atoms with E-state index < -0.39 is 0 Å². The first-order chi connectivity index (χ1) is 11.5. The number of thiocarbonyl (C=S) groups is 1. The van der Waals surface area contributed by atoms with Gasteiger partial charge in [-0.05, 0) is 73.6 Å². The number of carbonyl (C=O) groups is 1. The van der Waals surface area contributed by atoms with Crippen molar-refractivity contribution in [3.05, 3.63) is 53.6 Å². The second kappa shape index (κ2) is 8.31. The highest BCUT2D eigenvalue weighted by atomic mass is 32.1. The second-order valence-corrected chi connectivity index (χ2v) is 5.67. The topological polar surface area (TPSA) is 59.6 Å². The molecule has 0 fully saturated rings. The Hall–Kier alpha value is -2.60. The van der Waals surface area contributed by atoms with Gasteiger partial charge in [0.25, 0.3) is 5.91 Å². The van der Waals surface area contributed by atoms with Crippen molar-refractivity contribution in [3.8, 4) is 11.5 Å². The lowest BCUT2D eigenvalue weighted by Crippen LogP contribution is -2.37. The van der Waals surface area contributed by atoms with Gasteiger partial charge in [-0.25, -0.2) is 0 Å². The van der Waals surface area contributed by atoms with Crippen LogP contribution in [0.1, 0.15) is 11.1 Å². The minimum atomic E-state index is -0.327. The monoisotopic (exact) mass is 344 g/mol. The molecule has 2 aromatic carbocycles. The van der Waals surface area contributed by atoms with E-state index in [1.54, 1.807) is 31.4 Å². The summed E-state index contributed by atoms with van der Waals surface area (Å²) in [6.07, 6.45) is 0. The molecule has 0 radical (unpaired) electrons. The maximum atomic E-state index is 11.9. The van der Waals surface area contributed by atoms with Crippen molar-refractivity contribution in [3.63, 3.8) is 0 Å². The largest absolute Gasteiger partial charge is 0.497 e. The highest BCUT2D eigenvalue weighted by Gasteiger charge is 2.07. The lowest BCUT2D eigenvalue weighted by Gasteiger charge is -2.11. The maximum Gasteiger partial charge on any atom is 0.264 e. The van der Waals surface area contributed by atoms with Gasteiger partial charge in [0, 0.05) is 5.69 Å². The Labute approximate surface area is 147 Å². The molecule has 0 unspecified atom stereocenters. The van der Waals surface area contributed by atoms with Crippen LogP contribution in [0.4, 0.5) is 5.69 Å². The van der Waals surface area contributed by atoms with Crippen LogP contribution in [0.25, 0.3) is 0 Å². The Balaban J connectivity index is 1.80. The normalized spacial score (nSPS) is 9.96. The predicted octanol–water partition coefficient (Wildman–Crippen LogP) is 3.20. The molecule has 6 heteroatoms. The van der Waals surface area contributed by atoms with E-state index in [2.05, 4.69) is 10.6 Å². The van der Waals surface area contributed by atoms with Gasteiger partial charge in [-0.3, -0.25) is 10.1 Å². The lowest BCUT2D eigenvalue weighted by atomic mass is 10.1. The molecule has 0 atom stereocenters.